The standard InChI is InChI=1S/C14H25N3S/c1-13-15-6-11-17(13)8-3-7-16-9-4-14(5-10-16)12-18-2/h6,11,14H,3-5,7-10,12H2,1-2H3. The van der Waals surface area contributed by atoms with Crippen molar-refractivity contribution in [1.82, 2.24) is 14.5 Å². The molecule has 0 radical (unpaired) electrons. The topological polar surface area (TPSA) is 21.1 Å². The van der Waals surface area contributed by atoms with Gasteiger partial charge in [0, 0.05) is 18.9 Å². The minimum absolute atomic E-state index is 0.965. The molecule has 0 atom stereocenters. The lowest BCUT2D eigenvalue weighted by Gasteiger charge is -2.31. The van der Waals surface area contributed by atoms with Gasteiger partial charge >= 0.3 is 0 Å². The first kappa shape index (κ1) is 13.9. The minimum atomic E-state index is 0.965. The van der Waals surface area contributed by atoms with Gasteiger partial charge in [0.15, 0.2) is 0 Å². The van der Waals surface area contributed by atoms with Crippen LogP contribution in [0.4, 0.5) is 0 Å². The predicted molar refractivity (Wildman–Crippen MR) is 79.1 cm³/mol. The van der Waals surface area contributed by atoms with Crippen molar-refractivity contribution in [2.45, 2.75) is 32.7 Å². The zero-order valence-corrected chi connectivity index (χ0v) is 12.5. The third kappa shape index (κ3) is 4.02. The average molecular weight is 267 g/mol. The second-order valence-corrected chi connectivity index (χ2v) is 6.17. The molecular weight excluding hydrogens is 242 g/mol. The maximum absolute atomic E-state index is 4.26. The van der Waals surface area contributed by atoms with Gasteiger partial charge in [0.05, 0.1) is 0 Å². The van der Waals surface area contributed by atoms with Crippen LogP contribution in [0, 0.1) is 12.8 Å². The predicted octanol–water partition coefficient (Wildman–Crippen LogP) is 2.66. The molecule has 0 spiro atoms. The molecule has 0 aliphatic carbocycles. The second-order valence-electron chi connectivity index (χ2n) is 5.26. The number of aromatic nitrogens is 2. The third-order valence-corrected chi connectivity index (χ3v) is 4.71. The molecule has 0 N–H and O–H groups in total. The smallest absolute Gasteiger partial charge is 0.105 e. The molecule has 1 aliphatic rings. The van der Waals surface area contributed by atoms with Crippen LogP contribution in [-0.2, 0) is 6.54 Å². The first-order valence-electron chi connectivity index (χ1n) is 6.98. The average Bonchev–Trinajstić information content (AvgIpc) is 2.78. The van der Waals surface area contributed by atoms with Gasteiger partial charge in [0.2, 0.25) is 0 Å². The minimum Gasteiger partial charge on any atom is -0.335 e. The Morgan fingerprint density at radius 1 is 1.33 bits per heavy atom. The lowest BCUT2D eigenvalue weighted by molar-refractivity contribution is 0.190. The largest absolute Gasteiger partial charge is 0.335 e. The Kier molecular flexibility index (Phi) is 5.57. The molecule has 0 unspecified atom stereocenters. The molecule has 1 saturated heterocycles. The first-order chi connectivity index (χ1) is 8.79. The summed E-state index contributed by atoms with van der Waals surface area (Å²) in [7, 11) is 0. The Bertz CT molecular complexity index is 343. The molecule has 0 saturated carbocycles. The molecule has 2 heterocycles. The Morgan fingerprint density at radius 2 is 2.11 bits per heavy atom. The quantitative estimate of drug-likeness (QED) is 0.790. The Morgan fingerprint density at radius 3 is 2.72 bits per heavy atom. The fourth-order valence-corrected chi connectivity index (χ4v) is 3.52. The highest BCUT2D eigenvalue weighted by Crippen LogP contribution is 2.20. The van der Waals surface area contributed by atoms with Crippen molar-refractivity contribution in [3.8, 4) is 0 Å². The maximum Gasteiger partial charge on any atom is 0.105 e. The van der Waals surface area contributed by atoms with Crippen molar-refractivity contribution < 1.29 is 0 Å². The summed E-state index contributed by atoms with van der Waals surface area (Å²) in [6.45, 7) is 7.02. The monoisotopic (exact) mass is 267 g/mol. The van der Waals surface area contributed by atoms with Gasteiger partial charge in [-0.15, -0.1) is 0 Å². The summed E-state index contributed by atoms with van der Waals surface area (Å²) >= 11 is 2.00. The van der Waals surface area contributed by atoms with Crippen molar-refractivity contribution >= 4 is 11.8 Å². The number of imidazole rings is 1. The second kappa shape index (κ2) is 7.19. The molecular formula is C14H25N3S. The first-order valence-corrected chi connectivity index (χ1v) is 8.38. The van der Waals surface area contributed by atoms with Gasteiger partial charge in [-0.25, -0.2) is 4.98 Å². The molecule has 1 aromatic heterocycles. The zero-order chi connectivity index (χ0) is 12.8. The lowest BCUT2D eigenvalue weighted by Crippen LogP contribution is -2.35. The summed E-state index contributed by atoms with van der Waals surface area (Å²) in [5, 5.41) is 0. The summed E-state index contributed by atoms with van der Waals surface area (Å²) in [5.41, 5.74) is 0. The number of aryl methyl sites for hydroxylation is 2. The fourth-order valence-electron chi connectivity index (χ4n) is 2.72. The Hall–Kier alpha value is -0.480. The van der Waals surface area contributed by atoms with Gasteiger partial charge in [-0.05, 0) is 63.7 Å². The maximum atomic E-state index is 4.26. The summed E-state index contributed by atoms with van der Waals surface area (Å²) in [6, 6.07) is 0. The van der Waals surface area contributed by atoms with Crippen LogP contribution in [0.15, 0.2) is 12.4 Å². The number of thioether (sulfide) groups is 1. The molecule has 102 valence electrons. The van der Waals surface area contributed by atoms with Crippen molar-refractivity contribution in [2.24, 2.45) is 5.92 Å². The van der Waals surface area contributed by atoms with Gasteiger partial charge in [-0.1, -0.05) is 0 Å². The van der Waals surface area contributed by atoms with Crippen LogP contribution in [0.2, 0.25) is 0 Å². The van der Waals surface area contributed by atoms with Crippen LogP contribution >= 0.6 is 11.8 Å². The summed E-state index contributed by atoms with van der Waals surface area (Å²) in [5.74, 6) is 3.45. The zero-order valence-electron chi connectivity index (χ0n) is 11.6. The molecule has 1 aromatic rings. The van der Waals surface area contributed by atoms with Crippen molar-refractivity contribution in [3.05, 3.63) is 18.2 Å². The van der Waals surface area contributed by atoms with E-state index in [-0.39, 0.29) is 0 Å². The highest BCUT2D eigenvalue weighted by atomic mass is 32.2. The van der Waals surface area contributed by atoms with E-state index in [9.17, 15) is 0 Å². The van der Waals surface area contributed by atoms with E-state index in [0.717, 1.165) is 18.3 Å². The summed E-state index contributed by atoms with van der Waals surface area (Å²) in [4.78, 5) is 6.89. The van der Waals surface area contributed by atoms with Crippen LogP contribution < -0.4 is 0 Å². The van der Waals surface area contributed by atoms with Crippen LogP contribution in [0.1, 0.15) is 25.1 Å². The number of piperidine rings is 1. The highest BCUT2D eigenvalue weighted by Gasteiger charge is 2.18. The molecule has 0 aromatic carbocycles. The van der Waals surface area contributed by atoms with E-state index in [4.69, 9.17) is 0 Å². The molecule has 18 heavy (non-hydrogen) atoms. The van der Waals surface area contributed by atoms with E-state index < -0.39 is 0 Å². The van der Waals surface area contributed by atoms with Crippen LogP contribution in [-0.4, -0.2) is 46.1 Å². The van der Waals surface area contributed by atoms with Gasteiger partial charge in [-0.2, -0.15) is 11.8 Å². The van der Waals surface area contributed by atoms with Crippen molar-refractivity contribution in [1.29, 1.82) is 0 Å². The van der Waals surface area contributed by atoms with Gasteiger partial charge in [0.1, 0.15) is 5.82 Å². The summed E-state index contributed by atoms with van der Waals surface area (Å²) in [6.07, 6.45) is 10.2. The van der Waals surface area contributed by atoms with E-state index >= 15 is 0 Å². The SMILES string of the molecule is CSCC1CCN(CCCn2ccnc2C)CC1. The van der Waals surface area contributed by atoms with Gasteiger partial charge < -0.3 is 9.47 Å². The normalized spacial score (nSPS) is 18.3. The molecule has 1 fully saturated rings. The molecule has 0 bridgehead atoms. The molecule has 2 rings (SSSR count). The molecule has 1 aliphatic heterocycles. The van der Waals surface area contributed by atoms with Gasteiger partial charge in [0.25, 0.3) is 0 Å². The molecule has 4 heteroatoms. The lowest BCUT2D eigenvalue weighted by atomic mass is 9.99. The van der Waals surface area contributed by atoms with E-state index in [0.29, 0.717) is 0 Å². The number of hydrogen-bond acceptors (Lipinski definition) is 3. The number of rotatable bonds is 6. The Labute approximate surface area is 115 Å². The van der Waals surface area contributed by atoms with Crippen molar-refractivity contribution in [3.63, 3.8) is 0 Å². The van der Waals surface area contributed by atoms with E-state index in [1.165, 1.54) is 44.6 Å². The third-order valence-electron chi connectivity index (χ3n) is 3.91. The summed E-state index contributed by atoms with van der Waals surface area (Å²) < 4.78 is 2.25. The van der Waals surface area contributed by atoms with E-state index in [1.54, 1.807) is 0 Å². The molecule has 0 amide bonds. The van der Waals surface area contributed by atoms with E-state index in [1.807, 2.05) is 18.0 Å². The van der Waals surface area contributed by atoms with Crippen LogP contribution in [0.3, 0.4) is 0 Å². The van der Waals surface area contributed by atoms with Gasteiger partial charge in [-0.3, -0.25) is 0 Å². The fraction of sp³-hybridized carbons (Fsp3) is 0.786. The number of nitrogens with zero attached hydrogens (tertiary/aromatic N) is 3. The van der Waals surface area contributed by atoms with E-state index in [2.05, 4.69) is 33.8 Å². The number of hydrogen-bond donors (Lipinski definition) is 0. The number of likely N-dealkylation sites (tertiary alicyclic amines) is 1. The van der Waals surface area contributed by atoms with Crippen LogP contribution in [0.5, 0.6) is 0 Å². The van der Waals surface area contributed by atoms with Crippen LogP contribution in [0.25, 0.3) is 0 Å². The Balaban J connectivity index is 1.62. The highest BCUT2D eigenvalue weighted by molar-refractivity contribution is 7.98. The molecule has 3 nitrogen and oxygen atoms in total. The van der Waals surface area contributed by atoms with Crippen molar-refractivity contribution in [2.75, 3.05) is 31.6 Å².